The molecule has 16 heteroatoms. The molecule has 0 spiro atoms. The van der Waals surface area contributed by atoms with Crippen molar-refractivity contribution in [3.63, 3.8) is 0 Å². The number of benzene rings is 1. The zero-order chi connectivity index (χ0) is 24.8. The molecule has 15 nitrogen and oxygen atoms in total. The number of nitrogens with two attached hydrogens (primary N) is 1. The third-order valence-electron chi connectivity index (χ3n) is 5.10. The van der Waals surface area contributed by atoms with E-state index in [-0.39, 0.29) is 79.2 Å². The Bertz CT molecular complexity index is 1160. The molecule has 1 aliphatic rings. The van der Waals surface area contributed by atoms with Crippen LogP contribution >= 0.6 is 0 Å². The summed E-state index contributed by atoms with van der Waals surface area (Å²) in [5.74, 6) is -3.63. The van der Waals surface area contributed by atoms with Gasteiger partial charge in [0.25, 0.3) is 11.5 Å². The summed E-state index contributed by atoms with van der Waals surface area (Å²) >= 11 is 0. The van der Waals surface area contributed by atoms with Crippen LogP contribution in [0.4, 0.5) is 23.1 Å². The Balaban J connectivity index is 0.00000324. The van der Waals surface area contributed by atoms with Crippen molar-refractivity contribution in [3.05, 3.63) is 40.2 Å². The Morgan fingerprint density at radius 2 is 1.92 bits per heavy atom. The van der Waals surface area contributed by atoms with E-state index in [0.717, 1.165) is 0 Å². The molecule has 188 valence electrons. The Morgan fingerprint density at radius 3 is 2.50 bits per heavy atom. The fourth-order valence-corrected chi connectivity index (χ4v) is 3.38. The number of nitrogens with zero attached hydrogens (tertiary/aromatic N) is 2. The second-order valence-corrected chi connectivity index (χ2v) is 7.41. The fraction of sp³-hybridized carbons (Fsp3) is 0.300. The number of carbonyl (C=O) groups is 4. The van der Waals surface area contributed by atoms with Crippen LogP contribution in [0.15, 0.2) is 29.1 Å². The van der Waals surface area contributed by atoms with Crippen LogP contribution in [-0.4, -0.2) is 103 Å². The van der Waals surface area contributed by atoms with Gasteiger partial charge in [-0.25, -0.2) is 0 Å². The smallest absolute Gasteiger partial charge is 0.550 e. The van der Waals surface area contributed by atoms with Gasteiger partial charge >= 0.3 is 37.7 Å². The van der Waals surface area contributed by atoms with Crippen molar-refractivity contribution in [1.82, 2.24) is 15.3 Å². The first kappa shape index (κ1) is 30.6. The number of aliphatic carboxylic acids is 2. The Kier molecular flexibility index (Phi) is 11.6. The van der Waals surface area contributed by atoms with Gasteiger partial charge in [-0.2, -0.15) is 4.98 Å². The Labute approximate surface area is 233 Å². The molecule has 0 saturated carbocycles. The van der Waals surface area contributed by atoms with Crippen LogP contribution < -0.4 is 42.4 Å². The largest absolute Gasteiger partial charge is 2.00 e. The molecule has 2 aromatic rings. The minimum Gasteiger partial charge on any atom is -0.550 e. The normalized spacial score (nSPS) is 14.6. The van der Waals surface area contributed by atoms with E-state index in [2.05, 4.69) is 25.9 Å². The number of hydrogen-bond donors (Lipinski definition) is 5. The molecule has 0 radical (unpaired) electrons. The van der Waals surface area contributed by atoms with Crippen molar-refractivity contribution in [2.75, 3.05) is 34.4 Å². The number of anilines is 4. The van der Waals surface area contributed by atoms with Gasteiger partial charge in [-0.15, -0.1) is 0 Å². The molecule has 0 fully saturated rings. The molecular weight excluding hydrogens is 506 g/mol. The summed E-state index contributed by atoms with van der Waals surface area (Å²) in [6.45, 7) is 0.544. The summed E-state index contributed by atoms with van der Waals surface area (Å²) in [5.41, 5.74) is 5.75. The quantitative estimate of drug-likeness (QED) is 0.144. The molecule has 1 aromatic carbocycles. The van der Waals surface area contributed by atoms with Gasteiger partial charge in [-0.3, -0.25) is 19.4 Å². The summed E-state index contributed by atoms with van der Waals surface area (Å²) in [6, 6.07) is 4.08. The predicted molar refractivity (Wildman–Crippen MR) is 125 cm³/mol. The van der Waals surface area contributed by atoms with Crippen LogP contribution in [0.1, 0.15) is 23.2 Å². The number of carboxylic acids is 2. The first-order valence-electron chi connectivity index (χ1n) is 10.1. The predicted octanol–water partition coefficient (Wildman–Crippen LogP) is -4.61. The average molecular weight is 530 g/mol. The summed E-state index contributed by atoms with van der Waals surface area (Å²) in [5, 5.41) is 29.9. The van der Waals surface area contributed by atoms with E-state index in [1.54, 1.807) is 12.1 Å². The van der Waals surface area contributed by atoms with E-state index in [0.29, 0.717) is 18.6 Å². The zero-order valence-electron chi connectivity index (χ0n) is 18.9. The van der Waals surface area contributed by atoms with Crippen LogP contribution in [0, 0.1) is 0 Å². The van der Waals surface area contributed by atoms with Crippen molar-refractivity contribution in [2.45, 2.75) is 24.9 Å². The van der Waals surface area contributed by atoms with Crippen molar-refractivity contribution in [3.8, 4) is 0 Å². The first-order valence-corrected chi connectivity index (χ1v) is 10.1. The number of aromatic nitrogens is 2. The summed E-state index contributed by atoms with van der Waals surface area (Å²) in [7, 11) is 0. The van der Waals surface area contributed by atoms with Gasteiger partial charge in [0, 0.05) is 30.3 Å². The second kappa shape index (κ2) is 13.6. The van der Waals surface area contributed by atoms with Gasteiger partial charge in [0.1, 0.15) is 0 Å². The molecule has 0 bridgehead atoms. The molecule has 8 N–H and O–H groups in total. The van der Waals surface area contributed by atoms with Crippen LogP contribution in [0.25, 0.3) is 0 Å². The molecule has 2 heterocycles. The Morgan fingerprint density at radius 1 is 1.25 bits per heavy atom. The molecule has 36 heavy (non-hydrogen) atoms. The van der Waals surface area contributed by atoms with Gasteiger partial charge in [0.2, 0.25) is 12.4 Å². The number of nitrogen functional groups attached to an aromatic ring is 1. The summed E-state index contributed by atoms with van der Waals surface area (Å²) in [4.78, 5) is 65.4. The Hall–Kier alpha value is -3.40. The van der Waals surface area contributed by atoms with Crippen molar-refractivity contribution >= 4 is 85.1 Å². The van der Waals surface area contributed by atoms with Crippen molar-refractivity contribution in [1.29, 1.82) is 0 Å². The number of rotatable bonds is 10. The first-order chi connectivity index (χ1) is 16.2. The SMILES string of the molecule is Nc1nc2c(c(=O)[nH]1)N(C=O)C(CNc1ccc(C(=O)NC(CCC(=O)[O-])C(=O)[O-])cc1)CN2.O.[Ca+2]. The third-order valence-corrected chi connectivity index (χ3v) is 5.10. The molecule has 1 aromatic heterocycles. The summed E-state index contributed by atoms with van der Waals surface area (Å²) in [6.07, 6.45) is -0.386. The molecule has 2 amide bonds. The number of hydrogen-bond acceptors (Lipinski definition) is 11. The maximum atomic E-state index is 12.3. The fourth-order valence-electron chi connectivity index (χ4n) is 3.38. The van der Waals surface area contributed by atoms with E-state index < -0.39 is 41.9 Å². The van der Waals surface area contributed by atoms with Gasteiger partial charge in [0.15, 0.2) is 11.5 Å². The number of nitrogens with one attached hydrogen (secondary N) is 4. The van der Waals surface area contributed by atoms with Crippen molar-refractivity contribution in [2.24, 2.45) is 0 Å². The number of fused-ring (bicyclic) bond motifs is 1. The molecule has 2 atom stereocenters. The number of H-pyrrole nitrogens is 1. The van der Waals surface area contributed by atoms with E-state index in [1.807, 2.05) is 0 Å². The van der Waals surface area contributed by atoms with Crippen LogP contribution in [0.3, 0.4) is 0 Å². The number of carbonyl (C=O) groups excluding carboxylic acids is 4. The minimum atomic E-state index is -1.60. The van der Waals surface area contributed by atoms with Crippen LogP contribution in [0.2, 0.25) is 0 Å². The molecular formula is C20H23CaN7O8. The van der Waals surface area contributed by atoms with Crippen LogP contribution in [0.5, 0.6) is 0 Å². The topological polar surface area (TPSA) is 257 Å². The molecule has 2 unspecified atom stereocenters. The molecule has 1 aliphatic heterocycles. The summed E-state index contributed by atoms with van der Waals surface area (Å²) < 4.78 is 0. The van der Waals surface area contributed by atoms with E-state index >= 15 is 0 Å². The number of aromatic amines is 1. The number of amides is 2. The monoisotopic (exact) mass is 529 g/mol. The van der Waals surface area contributed by atoms with Gasteiger partial charge in [-0.1, -0.05) is 0 Å². The van der Waals surface area contributed by atoms with Crippen molar-refractivity contribution < 1.29 is 34.9 Å². The van der Waals surface area contributed by atoms with Gasteiger partial charge in [0.05, 0.1) is 18.1 Å². The van der Waals surface area contributed by atoms with Gasteiger partial charge < -0.3 is 51.9 Å². The molecule has 0 saturated heterocycles. The minimum absolute atomic E-state index is 0. The molecule has 0 aliphatic carbocycles. The van der Waals surface area contributed by atoms with E-state index in [9.17, 15) is 34.2 Å². The average Bonchev–Trinajstić information content (AvgIpc) is 2.79. The zero-order valence-corrected chi connectivity index (χ0v) is 21.1. The number of carboxylic acid groups (broad SMARTS) is 2. The second-order valence-electron chi connectivity index (χ2n) is 7.41. The van der Waals surface area contributed by atoms with E-state index in [4.69, 9.17) is 5.73 Å². The van der Waals surface area contributed by atoms with Crippen LogP contribution in [-0.2, 0) is 14.4 Å². The maximum absolute atomic E-state index is 12.3. The molecule has 3 rings (SSSR count). The van der Waals surface area contributed by atoms with E-state index in [1.165, 1.54) is 17.0 Å². The maximum Gasteiger partial charge on any atom is 2.00 e. The van der Waals surface area contributed by atoms with Gasteiger partial charge in [-0.05, 0) is 37.1 Å². The standard InChI is InChI=1S/C20H23N7O7.Ca.H2O/c21-20-25-16-15(18(32)26-20)27(9-28)12(8-23-16)7-22-11-3-1-10(2-4-11)17(31)24-13(19(33)34)5-6-14(29)30;;/h1-4,9,12-13,22H,5-8H2,(H,24,31)(H,29,30)(H,33,34)(H4,21,23,25,26,32);;1H2/q;+2;/p-2. The third kappa shape index (κ3) is 7.55.